The van der Waals surface area contributed by atoms with Gasteiger partial charge in [0, 0.05) is 30.9 Å². The summed E-state index contributed by atoms with van der Waals surface area (Å²) in [6.07, 6.45) is 4.22. The molecule has 0 saturated carbocycles. The molecule has 0 unspecified atom stereocenters. The van der Waals surface area contributed by atoms with E-state index in [1.54, 1.807) is 0 Å². The number of benzene rings is 2. The molecule has 1 atom stereocenters. The van der Waals surface area contributed by atoms with Gasteiger partial charge in [0.2, 0.25) is 5.91 Å². The van der Waals surface area contributed by atoms with Gasteiger partial charge in [-0.25, -0.2) is 0 Å². The average Bonchev–Trinajstić information content (AvgIpc) is 2.81. The van der Waals surface area contributed by atoms with E-state index in [1.165, 1.54) is 31.5 Å². The van der Waals surface area contributed by atoms with Crippen LogP contribution in [0.2, 0.25) is 0 Å². The van der Waals surface area contributed by atoms with Crippen molar-refractivity contribution in [3.05, 3.63) is 65.2 Å². The summed E-state index contributed by atoms with van der Waals surface area (Å²) in [5, 5.41) is 3.07. The third-order valence-corrected chi connectivity index (χ3v) is 6.85. The molecule has 2 fully saturated rings. The highest BCUT2D eigenvalue weighted by Crippen LogP contribution is 2.22. The summed E-state index contributed by atoms with van der Waals surface area (Å²) in [6, 6.07) is 15.9. The summed E-state index contributed by atoms with van der Waals surface area (Å²) in [4.78, 5) is 30.1. The normalized spacial score (nSPS) is 20.2. The highest BCUT2D eigenvalue weighted by atomic mass is 16.2. The SMILES string of the molecule is Cc1cccc(C(=O)N2CCC[C@@H](C(=O)Nc3ccc(CN4CCC(C)CC4)cc3)C2)c1. The number of hydrogen-bond acceptors (Lipinski definition) is 3. The van der Waals surface area contributed by atoms with Gasteiger partial charge >= 0.3 is 0 Å². The molecule has 2 aliphatic heterocycles. The van der Waals surface area contributed by atoms with Crippen LogP contribution in [0.1, 0.15) is 54.1 Å². The minimum absolute atomic E-state index is 0.00418. The van der Waals surface area contributed by atoms with Crippen LogP contribution in [0.3, 0.4) is 0 Å². The number of aryl methyl sites for hydroxylation is 1. The maximum absolute atomic E-state index is 12.9. The van der Waals surface area contributed by atoms with Gasteiger partial charge in [0.05, 0.1) is 5.92 Å². The third-order valence-electron chi connectivity index (χ3n) is 6.85. The molecule has 5 heteroatoms. The monoisotopic (exact) mass is 433 g/mol. The van der Waals surface area contributed by atoms with Crippen molar-refractivity contribution >= 4 is 17.5 Å². The summed E-state index contributed by atoms with van der Waals surface area (Å²) >= 11 is 0. The Hall–Kier alpha value is -2.66. The van der Waals surface area contributed by atoms with Gasteiger partial charge in [-0.1, -0.05) is 36.8 Å². The molecule has 5 nitrogen and oxygen atoms in total. The topological polar surface area (TPSA) is 52.7 Å². The average molecular weight is 434 g/mol. The first kappa shape index (κ1) is 22.5. The molecule has 2 saturated heterocycles. The van der Waals surface area contributed by atoms with Crippen molar-refractivity contribution < 1.29 is 9.59 Å². The zero-order valence-electron chi connectivity index (χ0n) is 19.3. The first-order chi connectivity index (χ1) is 15.5. The molecule has 2 aliphatic rings. The van der Waals surface area contributed by atoms with Crippen LogP contribution < -0.4 is 5.32 Å². The lowest BCUT2D eigenvalue weighted by Gasteiger charge is -2.32. The van der Waals surface area contributed by atoms with E-state index in [9.17, 15) is 9.59 Å². The van der Waals surface area contributed by atoms with Crippen molar-refractivity contribution in [2.24, 2.45) is 11.8 Å². The smallest absolute Gasteiger partial charge is 0.253 e. The van der Waals surface area contributed by atoms with Gasteiger partial charge in [-0.05, 0) is 81.4 Å². The van der Waals surface area contributed by atoms with Crippen molar-refractivity contribution in [2.75, 3.05) is 31.5 Å². The fourth-order valence-electron chi connectivity index (χ4n) is 4.75. The predicted octanol–water partition coefficient (Wildman–Crippen LogP) is 4.72. The summed E-state index contributed by atoms with van der Waals surface area (Å²) < 4.78 is 0. The first-order valence-electron chi connectivity index (χ1n) is 12.0. The third kappa shape index (κ3) is 5.77. The van der Waals surface area contributed by atoms with E-state index in [4.69, 9.17) is 0 Å². The Balaban J connectivity index is 1.30. The quantitative estimate of drug-likeness (QED) is 0.742. The number of hydrogen-bond donors (Lipinski definition) is 1. The van der Waals surface area contributed by atoms with Gasteiger partial charge in [-0.15, -0.1) is 0 Å². The number of piperidine rings is 2. The molecule has 2 aromatic rings. The van der Waals surface area contributed by atoms with Crippen LogP contribution in [-0.2, 0) is 11.3 Å². The number of carbonyl (C=O) groups excluding carboxylic acids is 2. The van der Waals surface area contributed by atoms with Gasteiger partial charge in [0.25, 0.3) is 5.91 Å². The Labute approximate surface area is 191 Å². The van der Waals surface area contributed by atoms with Crippen molar-refractivity contribution in [2.45, 2.75) is 46.1 Å². The summed E-state index contributed by atoms with van der Waals surface area (Å²) in [6.45, 7) is 8.81. The van der Waals surface area contributed by atoms with Crippen molar-refractivity contribution in [1.82, 2.24) is 9.80 Å². The Kier molecular flexibility index (Phi) is 7.26. The Morgan fingerprint density at radius 2 is 1.75 bits per heavy atom. The van der Waals surface area contributed by atoms with Crippen LogP contribution in [0.5, 0.6) is 0 Å². The number of likely N-dealkylation sites (tertiary alicyclic amines) is 2. The Morgan fingerprint density at radius 1 is 1.00 bits per heavy atom. The minimum atomic E-state index is -0.174. The van der Waals surface area contributed by atoms with Crippen LogP contribution in [-0.4, -0.2) is 47.8 Å². The van der Waals surface area contributed by atoms with E-state index in [0.29, 0.717) is 18.7 Å². The van der Waals surface area contributed by atoms with Crippen LogP contribution in [0.15, 0.2) is 48.5 Å². The van der Waals surface area contributed by atoms with E-state index >= 15 is 0 Å². The van der Waals surface area contributed by atoms with E-state index in [2.05, 4.69) is 29.3 Å². The molecule has 32 heavy (non-hydrogen) atoms. The number of nitrogens with zero attached hydrogens (tertiary/aromatic N) is 2. The maximum atomic E-state index is 12.9. The highest BCUT2D eigenvalue weighted by molar-refractivity contribution is 5.96. The van der Waals surface area contributed by atoms with Gasteiger partial charge < -0.3 is 10.2 Å². The van der Waals surface area contributed by atoms with Crippen LogP contribution >= 0.6 is 0 Å². The molecule has 2 amide bonds. The molecule has 2 aromatic carbocycles. The number of amides is 2. The first-order valence-corrected chi connectivity index (χ1v) is 12.0. The molecule has 0 radical (unpaired) electrons. The van der Waals surface area contributed by atoms with Crippen molar-refractivity contribution in [3.63, 3.8) is 0 Å². The Bertz CT molecular complexity index is 932. The Morgan fingerprint density at radius 3 is 2.47 bits per heavy atom. The zero-order chi connectivity index (χ0) is 22.5. The van der Waals surface area contributed by atoms with E-state index in [0.717, 1.165) is 36.6 Å². The minimum Gasteiger partial charge on any atom is -0.338 e. The second kappa shape index (κ2) is 10.3. The molecule has 4 rings (SSSR count). The molecule has 0 aromatic heterocycles. The van der Waals surface area contributed by atoms with Gasteiger partial charge in [0.1, 0.15) is 0 Å². The summed E-state index contributed by atoms with van der Waals surface area (Å²) in [5.41, 5.74) is 3.88. The molecular formula is C27H35N3O2. The lowest BCUT2D eigenvalue weighted by atomic mass is 9.96. The molecule has 0 spiro atoms. The molecule has 170 valence electrons. The maximum Gasteiger partial charge on any atom is 0.253 e. The second-order valence-electron chi connectivity index (χ2n) is 9.60. The van der Waals surface area contributed by atoms with Crippen LogP contribution in [0.4, 0.5) is 5.69 Å². The number of nitrogens with one attached hydrogen (secondary N) is 1. The summed E-state index contributed by atoms with van der Waals surface area (Å²) in [7, 11) is 0. The molecule has 0 bridgehead atoms. The lowest BCUT2D eigenvalue weighted by Crippen LogP contribution is -2.43. The molecule has 2 heterocycles. The van der Waals surface area contributed by atoms with E-state index in [1.807, 2.05) is 48.2 Å². The molecular weight excluding hydrogens is 398 g/mol. The molecule has 1 N–H and O–H groups in total. The van der Waals surface area contributed by atoms with E-state index < -0.39 is 0 Å². The van der Waals surface area contributed by atoms with Gasteiger partial charge in [-0.3, -0.25) is 14.5 Å². The summed E-state index contributed by atoms with van der Waals surface area (Å²) in [5.74, 6) is 0.686. The highest BCUT2D eigenvalue weighted by Gasteiger charge is 2.29. The van der Waals surface area contributed by atoms with Crippen molar-refractivity contribution in [3.8, 4) is 0 Å². The van der Waals surface area contributed by atoms with E-state index in [-0.39, 0.29) is 17.7 Å². The standard InChI is InChI=1S/C27H35N3O2/c1-20-12-15-29(16-13-20)18-22-8-10-25(11-9-22)28-26(31)24-7-4-14-30(19-24)27(32)23-6-3-5-21(2)17-23/h3,5-6,8-11,17,20,24H,4,7,12-16,18-19H2,1-2H3,(H,28,31)/t24-/m1/s1. The molecule has 0 aliphatic carbocycles. The fraction of sp³-hybridized carbons (Fsp3) is 0.481. The van der Waals surface area contributed by atoms with Crippen LogP contribution in [0, 0.1) is 18.8 Å². The predicted molar refractivity (Wildman–Crippen MR) is 129 cm³/mol. The van der Waals surface area contributed by atoms with Crippen molar-refractivity contribution in [1.29, 1.82) is 0 Å². The largest absolute Gasteiger partial charge is 0.338 e. The number of rotatable bonds is 5. The fourth-order valence-corrected chi connectivity index (χ4v) is 4.75. The number of carbonyl (C=O) groups is 2. The number of anilines is 1. The zero-order valence-corrected chi connectivity index (χ0v) is 19.3. The van der Waals surface area contributed by atoms with Crippen LogP contribution in [0.25, 0.3) is 0 Å². The lowest BCUT2D eigenvalue weighted by molar-refractivity contribution is -0.121. The second-order valence-corrected chi connectivity index (χ2v) is 9.60. The van der Waals surface area contributed by atoms with Gasteiger partial charge in [-0.2, -0.15) is 0 Å². The van der Waals surface area contributed by atoms with Gasteiger partial charge in [0.15, 0.2) is 0 Å².